The molecule has 5 rings (SSSR count). The summed E-state index contributed by atoms with van der Waals surface area (Å²) in [6, 6.07) is 0. The van der Waals surface area contributed by atoms with E-state index in [1.165, 1.54) is 12.8 Å². The van der Waals surface area contributed by atoms with E-state index < -0.39 is 0 Å². The van der Waals surface area contributed by atoms with Crippen molar-refractivity contribution in [1.29, 1.82) is 0 Å². The minimum Gasteiger partial charge on any atom is -0.371 e. The van der Waals surface area contributed by atoms with Gasteiger partial charge < -0.3 is 4.74 Å². The fourth-order valence-electron chi connectivity index (χ4n) is 5.54. The van der Waals surface area contributed by atoms with Gasteiger partial charge in [0.1, 0.15) is 0 Å². The van der Waals surface area contributed by atoms with Gasteiger partial charge in [0.05, 0.1) is 5.60 Å². The lowest BCUT2D eigenvalue weighted by atomic mass is 9.66. The number of carbonyl (C=O) groups excluding carboxylic acids is 1. The summed E-state index contributed by atoms with van der Waals surface area (Å²) in [7, 11) is 0. The molecule has 0 aromatic rings. The van der Waals surface area contributed by atoms with Gasteiger partial charge in [0.15, 0.2) is 5.78 Å². The van der Waals surface area contributed by atoms with Gasteiger partial charge in [-0.3, -0.25) is 4.79 Å². The van der Waals surface area contributed by atoms with Crippen LogP contribution in [0.5, 0.6) is 0 Å². The van der Waals surface area contributed by atoms with Crippen molar-refractivity contribution in [3.8, 4) is 0 Å². The first kappa shape index (κ1) is 9.96. The third kappa shape index (κ3) is 0.891. The lowest BCUT2D eigenvalue weighted by molar-refractivity contribution is -0.126. The van der Waals surface area contributed by atoms with Gasteiger partial charge in [0.2, 0.25) is 0 Å². The molecule has 18 heavy (non-hydrogen) atoms. The largest absolute Gasteiger partial charge is 0.371 e. The molecule has 2 saturated carbocycles. The monoisotopic (exact) mass is 242 g/mol. The lowest BCUT2D eigenvalue weighted by Gasteiger charge is -2.42. The summed E-state index contributed by atoms with van der Waals surface area (Å²) in [5, 5.41) is 0. The molecule has 5 aliphatic rings. The second-order valence-electron chi connectivity index (χ2n) is 6.86. The second kappa shape index (κ2) is 2.82. The summed E-state index contributed by atoms with van der Waals surface area (Å²) < 4.78 is 6.14. The maximum absolute atomic E-state index is 12.3. The fraction of sp³-hybridized carbons (Fsp3) is 0.688. The highest BCUT2D eigenvalue weighted by molar-refractivity contribution is 5.94. The highest BCUT2D eigenvalue weighted by atomic mass is 16.5. The number of ketones is 1. The highest BCUT2D eigenvalue weighted by Gasteiger charge is 2.72. The van der Waals surface area contributed by atoms with E-state index in [1.54, 1.807) is 0 Å². The van der Waals surface area contributed by atoms with Crippen molar-refractivity contribution in [1.82, 2.24) is 0 Å². The van der Waals surface area contributed by atoms with Crippen LogP contribution in [0.25, 0.3) is 0 Å². The maximum atomic E-state index is 12.3. The van der Waals surface area contributed by atoms with Crippen LogP contribution in [-0.2, 0) is 9.53 Å². The molecule has 0 aromatic carbocycles. The first-order valence-corrected chi connectivity index (χ1v) is 7.32. The smallest absolute Gasteiger partial charge is 0.159 e. The van der Waals surface area contributed by atoms with Crippen LogP contribution in [0.1, 0.15) is 25.7 Å². The Kier molecular flexibility index (Phi) is 1.56. The number of hydrogen-bond acceptors (Lipinski definition) is 2. The molecule has 0 aromatic heterocycles. The normalized spacial score (nSPS) is 53.7. The van der Waals surface area contributed by atoms with Gasteiger partial charge in [-0.25, -0.2) is 0 Å². The Labute approximate surface area is 107 Å². The van der Waals surface area contributed by atoms with Gasteiger partial charge in [-0.15, -0.1) is 0 Å². The van der Waals surface area contributed by atoms with Crippen LogP contribution in [0, 0.1) is 29.1 Å². The maximum Gasteiger partial charge on any atom is 0.159 e. The Hall–Kier alpha value is -0.890. The minimum atomic E-state index is -0.0989. The summed E-state index contributed by atoms with van der Waals surface area (Å²) in [5.41, 5.74) is 0.369. The fourth-order valence-corrected chi connectivity index (χ4v) is 5.54. The molecule has 0 radical (unpaired) electrons. The lowest BCUT2D eigenvalue weighted by Crippen LogP contribution is -2.47. The molecule has 0 N–H and O–H groups in total. The second-order valence-corrected chi connectivity index (χ2v) is 6.86. The number of hydrogen-bond donors (Lipinski definition) is 0. The minimum absolute atomic E-state index is 0.0989. The molecular formula is C16H18O2. The van der Waals surface area contributed by atoms with Crippen molar-refractivity contribution in [2.75, 3.05) is 6.61 Å². The number of rotatable bonds is 0. The Morgan fingerprint density at radius 2 is 2.00 bits per heavy atom. The van der Waals surface area contributed by atoms with Crippen LogP contribution in [0.4, 0.5) is 0 Å². The topological polar surface area (TPSA) is 26.3 Å². The summed E-state index contributed by atoms with van der Waals surface area (Å²) in [5.74, 6) is 2.16. The zero-order valence-corrected chi connectivity index (χ0v) is 10.5. The molecule has 2 spiro atoms. The van der Waals surface area contributed by atoms with Gasteiger partial charge in [-0.2, -0.15) is 0 Å². The van der Waals surface area contributed by atoms with Crippen LogP contribution < -0.4 is 0 Å². The summed E-state index contributed by atoms with van der Waals surface area (Å²) >= 11 is 0. The number of ether oxygens (including phenoxy) is 1. The van der Waals surface area contributed by atoms with Crippen LogP contribution in [0.2, 0.25) is 0 Å². The van der Waals surface area contributed by atoms with Gasteiger partial charge in [0.25, 0.3) is 0 Å². The van der Waals surface area contributed by atoms with Crippen LogP contribution in [0.3, 0.4) is 0 Å². The van der Waals surface area contributed by atoms with E-state index >= 15 is 0 Å². The first-order chi connectivity index (χ1) is 8.77. The van der Waals surface area contributed by atoms with Crippen molar-refractivity contribution in [2.45, 2.75) is 31.3 Å². The zero-order chi connectivity index (χ0) is 12.0. The van der Waals surface area contributed by atoms with Crippen molar-refractivity contribution in [3.05, 3.63) is 24.3 Å². The number of carbonyl (C=O) groups is 1. The first-order valence-electron chi connectivity index (χ1n) is 7.32. The molecule has 0 amide bonds. The molecule has 5 atom stereocenters. The Morgan fingerprint density at radius 1 is 1.17 bits per heavy atom. The standard InChI is InChI=1S/C16H18O2/c17-12-4-6-16(5-1-9-18-16)14-11-3-2-10(13(12)14)15(11)7-8-15/h2-4,6,10-11,13-14H,1,5,7-9H2/t10-,11+,13-,14-,16+/m0/s1. The third-order valence-corrected chi connectivity index (χ3v) is 6.35. The Bertz CT molecular complexity index is 491. The quantitative estimate of drug-likeness (QED) is 0.610. The van der Waals surface area contributed by atoms with Gasteiger partial charge in [-0.05, 0) is 55.1 Å². The number of allylic oxidation sites excluding steroid dienone is 3. The average Bonchev–Trinajstić information content (AvgIpc) is 2.79. The summed E-state index contributed by atoms with van der Waals surface area (Å²) in [6.07, 6.45) is 13.6. The van der Waals surface area contributed by atoms with Crippen molar-refractivity contribution in [2.24, 2.45) is 29.1 Å². The van der Waals surface area contributed by atoms with Crippen LogP contribution in [-0.4, -0.2) is 18.0 Å². The van der Waals surface area contributed by atoms with Gasteiger partial charge in [-0.1, -0.05) is 12.2 Å². The van der Waals surface area contributed by atoms with E-state index in [0.29, 0.717) is 29.0 Å². The predicted molar refractivity (Wildman–Crippen MR) is 66.8 cm³/mol. The van der Waals surface area contributed by atoms with Crippen molar-refractivity contribution in [3.63, 3.8) is 0 Å². The molecule has 1 saturated heterocycles. The van der Waals surface area contributed by atoms with E-state index in [0.717, 1.165) is 19.4 Å². The van der Waals surface area contributed by atoms with E-state index in [2.05, 4.69) is 18.2 Å². The SMILES string of the molecule is O=C1C=C[C@]2(CCCO2)[C@@H]2[C@H]1[C@@H]1C=C[C@H]2C12CC2. The molecule has 2 bridgehead atoms. The van der Waals surface area contributed by atoms with E-state index in [9.17, 15) is 4.79 Å². The Balaban J connectivity index is 1.69. The predicted octanol–water partition coefficient (Wildman–Crippen LogP) is 2.50. The van der Waals surface area contributed by atoms with Crippen LogP contribution in [0.15, 0.2) is 24.3 Å². The molecular weight excluding hydrogens is 224 g/mol. The van der Waals surface area contributed by atoms with E-state index in [4.69, 9.17) is 4.74 Å². The van der Waals surface area contributed by atoms with E-state index in [1.807, 2.05) is 6.08 Å². The van der Waals surface area contributed by atoms with Crippen LogP contribution >= 0.6 is 0 Å². The third-order valence-electron chi connectivity index (χ3n) is 6.35. The summed E-state index contributed by atoms with van der Waals surface area (Å²) in [4.78, 5) is 12.3. The molecule has 3 fully saturated rings. The molecule has 1 heterocycles. The average molecular weight is 242 g/mol. The molecule has 1 aliphatic heterocycles. The summed E-state index contributed by atoms with van der Waals surface area (Å²) in [6.45, 7) is 0.871. The molecule has 2 heteroatoms. The highest BCUT2D eigenvalue weighted by Crippen LogP contribution is 2.75. The van der Waals surface area contributed by atoms with Gasteiger partial charge in [0, 0.05) is 18.4 Å². The van der Waals surface area contributed by atoms with Crippen molar-refractivity contribution >= 4 is 5.78 Å². The molecule has 2 nitrogen and oxygen atoms in total. The molecule has 4 aliphatic carbocycles. The molecule has 94 valence electrons. The zero-order valence-electron chi connectivity index (χ0n) is 10.5. The number of fused-ring (bicyclic) bond motifs is 4. The van der Waals surface area contributed by atoms with Gasteiger partial charge >= 0.3 is 0 Å². The van der Waals surface area contributed by atoms with E-state index in [-0.39, 0.29) is 11.5 Å². The molecule has 0 unspecified atom stereocenters. The Morgan fingerprint density at radius 3 is 2.72 bits per heavy atom. The van der Waals surface area contributed by atoms with Crippen molar-refractivity contribution < 1.29 is 9.53 Å².